The molecule has 2 aromatic heterocycles. The van der Waals surface area contributed by atoms with Crippen LogP contribution in [-0.4, -0.2) is 37.1 Å². The summed E-state index contributed by atoms with van der Waals surface area (Å²) in [5.41, 5.74) is 1.74. The van der Waals surface area contributed by atoms with Crippen molar-refractivity contribution in [3.05, 3.63) is 44.7 Å². The van der Waals surface area contributed by atoms with E-state index in [0.29, 0.717) is 38.7 Å². The van der Waals surface area contributed by atoms with Crippen molar-refractivity contribution in [2.75, 3.05) is 11.9 Å². The number of carbonyl (C=O) groups excluding carboxylic acids is 1. The van der Waals surface area contributed by atoms with E-state index in [1.807, 2.05) is 19.1 Å². The van der Waals surface area contributed by atoms with E-state index in [-0.39, 0.29) is 17.5 Å². The molecule has 1 amide bonds. The van der Waals surface area contributed by atoms with E-state index in [4.69, 9.17) is 12.2 Å². The maximum absolute atomic E-state index is 13.3. The minimum atomic E-state index is -0.193. The third-order valence-corrected chi connectivity index (χ3v) is 6.80. The number of thiocarbonyl (C=S) groups is 1. The number of nitrogens with one attached hydrogen (secondary N) is 1. The van der Waals surface area contributed by atoms with E-state index in [1.165, 1.54) is 11.8 Å². The molecule has 1 saturated carbocycles. The molecule has 2 aromatic rings. The number of thioether (sulfide) groups is 1. The van der Waals surface area contributed by atoms with Crippen molar-refractivity contribution in [3.8, 4) is 0 Å². The molecule has 0 aromatic carbocycles. The normalized spacial score (nSPS) is 19.1. The molecular formula is C22H26N4O2S2. The van der Waals surface area contributed by atoms with Crippen LogP contribution in [-0.2, 0) is 4.79 Å². The highest BCUT2D eigenvalue weighted by atomic mass is 32.2. The van der Waals surface area contributed by atoms with Gasteiger partial charge in [-0.2, -0.15) is 0 Å². The zero-order valence-corrected chi connectivity index (χ0v) is 19.1. The Labute approximate surface area is 185 Å². The number of nitrogens with zero attached hydrogens (tertiary/aromatic N) is 3. The van der Waals surface area contributed by atoms with Gasteiger partial charge in [-0.05, 0) is 43.4 Å². The summed E-state index contributed by atoms with van der Waals surface area (Å²) in [7, 11) is 0. The van der Waals surface area contributed by atoms with E-state index in [2.05, 4.69) is 24.1 Å². The Kier molecular flexibility index (Phi) is 5.97. The monoisotopic (exact) mass is 442 g/mol. The van der Waals surface area contributed by atoms with Crippen molar-refractivity contribution >= 4 is 51.7 Å². The van der Waals surface area contributed by atoms with Gasteiger partial charge in [-0.25, -0.2) is 4.98 Å². The molecule has 158 valence electrons. The van der Waals surface area contributed by atoms with Crippen LogP contribution in [0.2, 0.25) is 0 Å². The smallest absolute Gasteiger partial charge is 0.267 e. The van der Waals surface area contributed by atoms with E-state index < -0.39 is 0 Å². The number of fused-ring (bicyclic) bond motifs is 1. The fourth-order valence-corrected chi connectivity index (χ4v) is 5.29. The Morgan fingerprint density at radius 3 is 2.73 bits per heavy atom. The molecule has 1 aliphatic carbocycles. The fourth-order valence-electron chi connectivity index (χ4n) is 3.91. The highest BCUT2D eigenvalue weighted by Crippen LogP contribution is 2.38. The summed E-state index contributed by atoms with van der Waals surface area (Å²) in [5.74, 6) is 0.792. The quantitative estimate of drug-likeness (QED) is 0.553. The summed E-state index contributed by atoms with van der Waals surface area (Å²) in [6, 6.07) is 3.95. The maximum atomic E-state index is 13.3. The Morgan fingerprint density at radius 2 is 2.03 bits per heavy atom. The molecule has 1 N–H and O–H groups in total. The first-order valence-corrected chi connectivity index (χ1v) is 11.6. The summed E-state index contributed by atoms with van der Waals surface area (Å²) in [6.07, 6.45) is 7.67. The standard InChI is InChI=1S/C22H26N4O2S2/c1-13(2)11-23-19-16(20(27)25-12-14(3)8-9-18(25)24-19)10-17-21(28)26(22(29)30-17)15-6-4-5-7-15/h8-10,12-13,15,23H,4-7,11H2,1-3H3. The molecule has 4 rings (SSSR count). The van der Waals surface area contributed by atoms with Gasteiger partial charge >= 0.3 is 0 Å². The number of rotatable bonds is 5. The fraction of sp³-hybridized carbons (Fsp3) is 0.455. The third-order valence-electron chi connectivity index (χ3n) is 5.47. The van der Waals surface area contributed by atoms with Crippen LogP contribution in [0.4, 0.5) is 5.82 Å². The van der Waals surface area contributed by atoms with Crippen LogP contribution in [0.25, 0.3) is 11.7 Å². The minimum Gasteiger partial charge on any atom is -0.369 e. The Hall–Kier alpha value is -2.19. The first-order valence-electron chi connectivity index (χ1n) is 10.4. The first-order chi connectivity index (χ1) is 14.3. The van der Waals surface area contributed by atoms with Gasteiger partial charge in [0.05, 0.1) is 10.5 Å². The van der Waals surface area contributed by atoms with E-state index in [9.17, 15) is 9.59 Å². The Morgan fingerprint density at radius 1 is 1.30 bits per heavy atom. The van der Waals surface area contributed by atoms with Gasteiger partial charge in [-0.15, -0.1) is 0 Å². The molecule has 30 heavy (non-hydrogen) atoms. The predicted molar refractivity (Wildman–Crippen MR) is 127 cm³/mol. The lowest BCUT2D eigenvalue weighted by Gasteiger charge is -2.21. The highest BCUT2D eigenvalue weighted by molar-refractivity contribution is 8.26. The van der Waals surface area contributed by atoms with Gasteiger partial charge < -0.3 is 5.32 Å². The molecule has 0 radical (unpaired) electrons. The lowest BCUT2D eigenvalue weighted by atomic mass is 10.2. The van der Waals surface area contributed by atoms with Gasteiger partial charge in [0.1, 0.15) is 15.8 Å². The van der Waals surface area contributed by atoms with Crippen molar-refractivity contribution in [1.82, 2.24) is 14.3 Å². The van der Waals surface area contributed by atoms with Gasteiger partial charge in [0.15, 0.2) is 0 Å². The first kappa shape index (κ1) is 21.1. The predicted octanol–water partition coefficient (Wildman–Crippen LogP) is 4.21. The van der Waals surface area contributed by atoms with E-state index in [0.717, 1.165) is 31.2 Å². The number of carbonyl (C=O) groups is 1. The summed E-state index contributed by atoms with van der Waals surface area (Å²) in [6.45, 7) is 6.80. The molecule has 0 unspecified atom stereocenters. The summed E-state index contributed by atoms with van der Waals surface area (Å²) < 4.78 is 2.12. The number of amides is 1. The minimum absolute atomic E-state index is 0.0968. The van der Waals surface area contributed by atoms with Crippen LogP contribution in [0.3, 0.4) is 0 Å². The topological polar surface area (TPSA) is 66.7 Å². The lowest BCUT2D eigenvalue weighted by Crippen LogP contribution is -2.36. The summed E-state index contributed by atoms with van der Waals surface area (Å²) in [5, 5.41) is 3.29. The van der Waals surface area contributed by atoms with Gasteiger partial charge in [0.2, 0.25) is 0 Å². The summed E-state index contributed by atoms with van der Waals surface area (Å²) in [4.78, 5) is 33.4. The van der Waals surface area contributed by atoms with Crippen LogP contribution in [0.5, 0.6) is 0 Å². The largest absolute Gasteiger partial charge is 0.369 e. The van der Waals surface area contributed by atoms with Crippen LogP contribution in [0.1, 0.15) is 50.7 Å². The maximum Gasteiger partial charge on any atom is 0.267 e. The number of anilines is 1. The van der Waals surface area contributed by atoms with Crippen LogP contribution in [0.15, 0.2) is 28.0 Å². The molecule has 0 spiro atoms. The van der Waals surface area contributed by atoms with Crippen molar-refractivity contribution in [3.63, 3.8) is 0 Å². The van der Waals surface area contributed by atoms with Crippen molar-refractivity contribution in [1.29, 1.82) is 0 Å². The summed E-state index contributed by atoms with van der Waals surface area (Å²) >= 11 is 6.78. The lowest BCUT2D eigenvalue weighted by molar-refractivity contribution is -0.123. The second-order valence-electron chi connectivity index (χ2n) is 8.38. The van der Waals surface area contributed by atoms with Crippen LogP contribution >= 0.6 is 24.0 Å². The Bertz CT molecular complexity index is 1100. The Balaban J connectivity index is 1.79. The van der Waals surface area contributed by atoms with Gasteiger partial charge in [-0.1, -0.05) is 56.7 Å². The number of hydrogen-bond donors (Lipinski definition) is 1. The number of hydrogen-bond acceptors (Lipinski definition) is 6. The van der Waals surface area contributed by atoms with E-state index >= 15 is 0 Å². The van der Waals surface area contributed by atoms with Crippen LogP contribution < -0.4 is 10.9 Å². The van der Waals surface area contributed by atoms with Gasteiger partial charge in [-0.3, -0.25) is 18.9 Å². The van der Waals surface area contributed by atoms with Crippen molar-refractivity contribution in [2.24, 2.45) is 5.92 Å². The van der Waals surface area contributed by atoms with Crippen molar-refractivity contribution in [2.45, 2.75) is 52.5 Å². The highest BCUT2D eigenvalue weighted by Gasteiger charge is 2.38. The molecule has 8 heteroatoms. The number of aryl methyl sites for hydroxylation is 1. The average molecular weight is 443 g/mol. The second kappa shape index (κ2) is 8.51. The molecule has 6 nitrogen and oxygen atoms in total. The average Bonchev–Trinajstić information content (AvgIpc) is 3.31. The molecule has 0 bridgehead atoms. The van der Waals surface area contributed by atoms with Gasteiger partial charge in [0, 0.05) is 18.8 Å². The molecule has 2 aliphatic rings. The van der Waals surface area contributed by atoms with Gasteiger partial charge in [0.25, 0.3) is 11.5 Å². The number of pyridine rings is 1. The zero-order chi connectivity index (χ0) is 21.4. The number of aromatic nitrogens is 2. The SMILES string of the molecule is Cc1ccc2nc(NCC(C)C)c(C=C3SC(=S)N(C4CCCC4)C3=O)c(=O)n2c1. The van der Waals surface area contributed by atoms with Crippen molar-refractivity contribution < 1.29 is 4.79 Å². The second-order valence-corrected chi connectivity index (χ2v) is 10.1. The molecule has 1 aliphatic heterocycles. The molecule has 3 heterocycles. The van der Waals surface area contributed by atoms with Crippen LogP contribution in [0, 0.1) is 12.8 Å². The zero-order valence-electron chi connectivity index (χ0n) is 17.5. The molecule has 0 atom stereocenters. The molecule has 1 saturated heterocycles. The van der Waals surface area contributed by atoms with E-state index in [1.54, 1.807) is 21.6 Å². The molecular weight excluding hydrogens is 416 g/mol. The third kappa shape index (κ3) is 4.03. The molecule has 2 fully saturated rings.